The molecule has 0 radical (unpaired) electrons. The van der Waals surface area contributed by atoms with Gasteiger partial charge >= 0.3 is 5.97 Å². The van der Waals surface area contributed by atoms with Crippen molar-refractivity contribution in [1.29, 1.82) is 0 Å². The Morgan fingerprint density at radius 1 is 1.35 bits per heavy atom. The van der Waals surface area contributed by atoms with Crippen LogP contribution in [0.3, 0.4) is 0 Å². The molecule has 0 saturated carbocycles. The van der Waals surface area contributed by atoms with Crippen LogP contribution in [0.5, 0.6) is 0 Å². The highest BCUT2D eigenvalue weighted by Gasteiger charge is 2.31. The van der Waals surface area contributed by atoms with Gasteiger partial charge in [0.25, 0.3) is 5.91 Å². The van der Waals surface area contributed by atoms with Gasteiger partial charge in [-0.25, -0.2) is 17.9 Å². The molecule has 1 aliphatic rings. The quantitative estimate of drug-likeness (QED) is 0.571. The molecule has 1 saturated heterocycles. The van der Waals surface area contributed by atoms with Crippen LogP contribution < -0.4 is 10.0 Å². The van der Waals surface area contributed by atoms with E-state index in [2.05, 4.69) is 16.6 Å². The molecule has 1 aromatic rings. The van der Waals surface area contributed by atoms with Gasteiger partial charge in [-0.2, -0.15) is 0 Å². The van der Waals surface area contributed by atoms with E-state index >= 15 is 0 Å². The lowest BCUT2D eigenvalue weighted by Gasteiger charge is -2.28. The van der Waals surface area contributed by atoms with Crippen molar-refractivity contribution in [3.63, 3.8) is 0 Å². The minimum Gasteiger partial charge on any atom is -0.480 e. The number of rotatable bonds is 8. The molecule has 0 aromatic heterocycles. The minimum atomic E-state index is -3.68. The average Bonchev–Trinajstić information content (AvgIpc) is 2.65. The molecule has 1 heterocycles. The van der Waals surface area contributed by atoms with Crippen LogP contribution in [0.15, 0.2) is 41.8 Å². The van der Waals surface area contributed by atoms with Crippen LogP contribution in [0.2, 0.25) is 0 Å². The van der Waals surface area contributed by atoms with Crippen molar-refractivity contribution in [3.05, 3.63) is 42.5 Å². The molecule has 8 nitrogen and oxygen atoms in total. The lowest BCUT2D eigenvalue weighted by atomic mass is 9.93. The Bertz CT molecular complexity index is 754. The number of sulfonamides is 1. The van der Waals surface area contributed by atoms with Gasteiger partial charge in [0.2, 0.25) is 10.0 Å². The number of carbonyl (C=O) groups is 2. The number of ether oxygens (including phenoxy) is 1. The highest BCUT2D eigenvalue weighted by molar-refractivity contribution is 7.89. The van der Waals surface area contributed by atoms with E-state index in [9.17, 15) is 23.1 Å². The van der Waals surface area contributed by atoms with Gasteiger partial charge in [0.1, 0.15) is 6.04 Å². The molecule has 3 N–H and O–H groups in total. The third kappa shape index (κ3) is 5.13. The summed E-state index contributed by atoms with van der Waals surface area (Å²) in [5, 5.41) is 11.9. The van der Waals surface area contributed by atoms with Crippen LogP contribution in [-0.4, -0.2) is 51.2 Å². The van der Waals surface area contributed by atoms with E-state index < -0.39 is 27.9 Å². The number of carbonyl (C=O) groups excluding carboxylic acids is 1. The van der Waals surface area contributed by atoms with E-state index in [1.54, 1.807) is 0 Å². The van der Waals surface area contributed by atoms with E-state index in [0.29, 0.717) is 13.0 Å². The number of amides is 1. The first-order chi connectivity index (χ1) is 12.3. The Balaban J connectivity index is 2.08. The van der Waals surface area contributed by atoms with E-state index in [1.807, 2.05) is 0 Å². The maximum Gasteiger partial charge on any atom is 0.326 e. The number of carboxylic acids is 1. The van der Waals surface area contributed by atoms with Gasteiger partial charge in [0, 0.05) is 24.6 Å². The standard InChI is InChI=1S/C17H22N2O6S/c1-2-9-18-26(23,24)14-7-5-12(6-8-14)16(20)19-15(17(21)22)13-4-3-10-25-11-13/h2,5-8,13,15,18H,1,3-4,9-11H2,(H,19,20)(H,21,22). The first-order valence-electron chi connectivity index (χ1n) is 8.17. The highest BCUT2D eigenvalue weighted by Crippen LogP contribution is 2.18. The lowest BCUT2D eigenvalue weighted by Crippen LogP contribution is -2.48. The first-order valence-corrected chi connectivity index (χ1v) is 9.65. The number of hydrogen-bond donors (Lipinski definition) is 3. The first kappa shape index (κ1) is 20.1. The summed E-state index contributed by atoms with van der Waals surface area (Å²) in [6.07, 6.45) is 2.82. The maximum atomic E-state index is 12.3. The molecular formula is C17H22N2O6S. The van der Waals surface area contributed by atoms with E-state index in [-0.39, 0.29) is 29.5 Å². The predicted molar refractivity (Wildman–Crippen MR) is 94.3 cm³/mol. The van der Waals surface area contributed by atoms with Crippen molar-refractivity contribution in [2.24, 2.45) is 5.92 Å². The topological polar surface area (TPSA) is 122 Å². The van der Waals surface area contributed by atoms with Crippen LogP contribution in [0.1, 0.15) is 23.2 Å². The van der Waals surface area contributed by atoms with Gasteiger partial charge in [0.05, 0.1) is 11.5 Å². The van der Waals surface area contributed by atoms with Gasteiger partial charge in [0.15, 0.2) is 0 Å². The zero-order valence-electron chi connectivity index (χ0n) is 14.2. The number of carboxylic acid groups (broad SMARTS) is 1. The van der Waals surface area contributed by atoms with Crippen LogP contribution in [-0.2, 0) is 19.6 Å². The van der Waals surface area contributed by atoms with Crippen molar-refractivity contribution in [1.82, 2.24) is 10.0 Å². The molecule has 2 rings (SSSR count). The summed E-state index contributed by atoms with van der Waals surface area (Å²) in [4.78, 5) is 23.8. The Labute approximate surface area is 152 Å². The molecule has 1 fully saturated rings. The number of hydrogen-bond acceptors (Lipinski definition) is 5. The molecule has 142 valence electrons. The number of nitrogens with one attached hydrogen (secondary N) is 2. The summed E-state index contributed by atoms with van der Waals surface area (Å²) >= 11 is 0. The second-order valence-electron chi connectivity index (χ2n) is 5.93. The fourth-order valence-corrected chi connectivity index (χ4v) is 3.67. The van der Waals surface area contributed by atoms with Crippen LogP contribution >= 0.6 is 0 Å². The molecular weight excluding hydrogens is 360 g/mol. The summed E-state index contributed by atoms with van der Waals surface area (Å²) in [5.74, 6) is -2.00. The summed E-state index contributed by atoms with van der Waals surface area (Å²) < 4.78 is 31.6. The van der Waals surface area contributed by atoms with Crippen LogP contribution in [0, 0.1) is 5.92 Å². The molecule has 0 bridgehead atoms. The third-order valence-corrected chi connectivity index (χ3v) is 5.50. The summed E-state index contributed by atoms with van der Waals surface area (Å²) in [6, 6.07) is 4.21. The predicted octanol–water partition coefficient (Wildman–Crippen LogP) is 0.761. The average molecular weight is 382 g/mol. The highest BCUT2D eigenvalue weighted by atomic mass is 32.2. The van der Waals surface area contributed by atoms with Crippen LogP contribution in [0.4, 0.5) is 0 Å². The molecule has 1 amide bonds. The van der Waals surface area contributed by atoms with Crippen molar-refractivity contribution < 1.29 is 27.9 Å². The molecule has 2 unspecified atom stereocenters. The van der Waals surface area contributed by atoms with Gasteiger partial charge < -0.3 is 15.2 Å². The second-order valence-corrected chi connectivity index (χ2v) is 7.70. The summed E-state index contributed by atoms with van der Waals surface area (Å²) in [6.45, 7) is 4.40. The van der Waals surface area contributed by atoms with Gasteiger partial charge in [-0.05, 0) is 37.1 Å². The molecule has 26 heavy (non-hydrogen) atoms. The second kappa shape index (κ2) is 8.93. The van der Waals surface area contributed by atoms with Crippen LogP contribution in [0.25, 0.3) is 0 Å². The van der Waals surface area contributed by atoms with Crippen molar-refractivity contribution in [2.75, 3.05) is 19.8 Å². The van der Waals surface area contributed by atoms with E-state index in [1.165, 1.54) is 30.3 Å². The molecule has 1 aromatic carbocycles. The van der Waals surface area contributed by atoms with Gasteiger partial charge in [-0.1, -0.05) is 6.08 Å². The van der Waals surface area contributed by atoms with Gasteiger partial charge in [-0.15, -0.1) is 6.58 Å². The smallest absolute Gasteiger partial charge is 0.326 e. The lowest BCUT2D eigenvalue weighted by molar-refractivity contribution is -0.142. The Morgan fingerprint density at radius 3 is 2.58 bits per heavy atom. The third-order valence-electron chi connectivity index (χ3n) is 4.06. The van der Waals surface area contributed by atoms with E-state index in [0.717, 1.165) is 6.42 Å². The zero-order valence-corrected chi connectivity index (χ0v) is 15.0. The Hall–Kier alpha value is -2.23. The van der Waals surface area contributed by atoms with Crippen molar-refractivity contribution in [2.45, 2.75) is 23.8 Å². The molecule has 2 atom stereocenters. The fourth-order valence-electron chi connectivity index (χ4n) is 2.67. The van der Waals surface area contributed by atoms with Crippen molar-refractivity contribution in [3.8, 4) is 0 Å². The van der Waals surface area contributed by atoms with E-state index in [4.69, 9.17) is 4.74 Å². The molecule has 1 aliphatic heterocycles. The summed E-state index contributed by atoms with van der Waals surface area (Å²) in [7, 11) is -3.68. The number of aliphatic carboxylic acids is 1. The van der Waals surface area contributed by atoms with Crippen molar-refractivity contribution >= 4 is 21.9 Å². The minimum absolute atomic E-state index is 0.00589. The molecule has 9 heteroatoms. The monoisotopic (exact) mass is 382 g/mol. The normalized spacial score (nSPS) is 18.7. The Kier molecular flexibility index (Phi) is 6.90. The SMILES string of the molecule is C=CCNS(=O)(=O)c1ccc(C(=O)NC(C(=O)O)C2CCCOC2)cc1. The largest absolute Gasteiger partial charge is 0.480 e. The summed E-state index contributed by atoms with van der Waals surface area (Å²) in [5.41, 5.74) is 0.177. The zero-order chi connectivity index (χ0) is 19.2. The Morgan fingerprint density at radius 2 is 2.04 bits per heavy atom. The number of benzene rings is 1. The molecule has 0 aliphatic carbocycles. The molecule has 0 spiro atoms. The maximum absolute atomic E-state index is 12.3. The van der Waals surface area contributed by atoms with Gasteiger partial charge in [-0.3, -0.25) is 4.79 Å². The fraction of sp³-hybridized carbons (Fsp3) is 0.412.